The third-order valence-corrected chi connectivity index (χ3v) is 3.89. The summed E-state index contributed by atoms with van der Waals surface area (Å²) in [6, 6.07) is 6.47. The van der Waals surface area contributed by atoms with E-state index >= 15 is 0 Å². The van der Waals surface area contributed by atoms with Crippen LogP contribution in [0, 0.1) is 0 Å². The molecule has 28 heavy (non-hydrogen) atoms. The minimum absolute atomic E-state index is 0. The van der Waals surface area contributed by atoms with Gasteiger partial charge in [-0.25, -0.2) is 4.99 Å². The normalized spacial score (nSPS) is 14.7. The van der Waals surface area contributed by atoms with Gasteiger partial charge in [0.25, 0.3) is 0 Å². The average molecular weight is 513 g/mol. The summed E-state index contributed by atoms with van der Waals surface area (Å²) in [6.07, 6.45) is -0.301. The fourth-order valence-electron chi connectivity index (χ4n) is 2.50. The van der Waals surface area contributed by atoms with Crippen LogP contribution in [0.15, 0.2) is 40.9 Å². The largest absolute Gasteiger partial charge is 0.484 e. The van der Waals surface area contributed by atoms with Crippen LogP contribution in [0.5, 0.6) is 5.75 Å². The third kappa shape index (κ3) is 10.2. The van der Waals surface area contributed by atoms with E-state index in [0.29, 0.717) is 19.1 Å². The van der Waals surface area contributed by atoms with Gasteiger partial charge in [-0.2, -0.15) is 13.2 Å². The van der Waals surface area contributed by atoms with E-state index in [9.17, 15) is 13.2 Å². The molecule has 0 spiro atoms. The Labute approximate surface area is 180 Å². The van der Waals surface area contributed by atoms with Crippen molar-refractivity contribution in [2.75, 3.05) is 32.9 Å². The first kappa shape index (κ1) is 24.5. The third-order valence-electron chi connectivity index (χ3n) is 3.89. The number of hydrogen-bond acceptors (Lipinski definition) is 3. The second kappa shape index (κ2) is 12.9. The number of guanidine groups is 1. The lowest BCUT2D eigenvalue weighted by Gasteiger charge is -2.15. The number of nitrogens with one attached hydrogen (secondary N) is 2. The maximum atomic E-state index is 12.2. The fraction of sp³-hybridized carbons (Fsp3) is 0.526. The first-order valence-electron chi connectivity index (χ1n) is 9.02. The van der Waals surface area contributed by atoms with E-state index in [1.165, 1.54) is 17.7 Å². The lowest BCUT2D eigenvalue weighted by molar-refractivity contribution is -0.153. The number of halogens is 4. The number of aliphatic imine (C=N–C) groups is 1. The molecule has 1 aromatic rings. The van der Waals surface area contributed by atoms with Crippen molar-refractivity contribution in [2.24, 2.45) is 4.99 Å². The van der Waals surface area contributed by atoms with Crippen LogP contribution < -0.4 is 15.4 Å². The van der Waals surface area contributed by atoms with Crippen molar-refractivity contribution in [3.8, 4) is 5.75 Å². The van der Waals surface area contributed by atoms with Crippen LogP contribution in [-0.4, -0.2) is 45.0 Å². The Kier molecular flexibility index (Phi) is 11.3. The molecular formula is C19H27F3IN3O2. The number of ether oxygens (including phenoxy) is 2. The van der Waals surface area contributed by atoms with Crippen LogP contribution in [0.3, 0.4) is 0 Å². The van der Waals surface area contributed by atoms with Crippen molar-refractivity contribution in [1.29, 1.82) is 0 Å². The molecule has 0 radical (unpaired) electrons. The highest BCUT2D eigenvalue weighted by molar-refractivity contribution is 14.0. The molecule has 0 atom stereocenters. The number of nitrogens with zero attached hydrogens (tertiary/aromatic N) is 1. The molecule has 0 saturated heterocycles. The van der Waals surface area contributed by atoms with E-state index < -0.39 is 12.8 Å². The van der Waals surface area contributed by atoms with Crippen molar-refractivity contribution in [1.82, 2.24) is 10.6 Å². The minimum Gasteiger partial charge on any atom is -0.484 e. The zero-order valence-corrected chi connectivity index (χ0v) is 18.2. The smallest absolute Gasteiger partial charge is 0.422 e. The molecule has 2 rings (SSSR count). The first-order valence-corrected chi connectivity index (χ1v) is 9.02. The number of alkyl halides is 3. The van der Waals surface area contributed by atoms with Crippen molar-refractivity contribution in [2.45, 2.75) is 32.5 Å². The molecular weight excluding hydrogens is 486 g/mol. The Balaban J connectivity index is 0.00000392. The van der Waals surface area contributed by atoms with Crippen LogP contribution in [0.2, 0.25) is 0 Å². The molecule has 1 aromatic carbocycles. The van der Waals surface area contributed by atoms with Crippen molar-refractivity contribution >= 4 is 29.9 Å². The van der Waals surface area contributed by atoms with Crippen LogP contribution in [-0.2, 0) is 11.3 Å². The van der Waals surface area contributed by atoms with Crippen LogP contribution in [0.4, 0.5) is 13.2 Å². The van der Waals surface area contributed by atoms with Gasteiger partial charge >= 0.3 is 6.18 Å². The van der Waals surface area contributed by atoms with E-state index in [4.69, 9.17) is 9.47 Å². The topological polar surface area (TPSA) is 54.9 Å². The molecule has 0 aliphatic carbocycles. The first-order chi connectivity index (χ1) is 13.0. The monoisotopic (exact) mass is 513 g/mol. The summed E-state index contributed by atoms with van der Waals surface area (Å²) in [7, 11) is 0. The summed E-state index contributed by atoms with van der Waals surface area (Å²) in [5, 5.41) is 6.48. The van der Waals surface area contributed by atoms with E-state index in [0.717, 1.165) is 38.1 Å². The molecule has 158 valence electrons. The SMILES string of the molecule is CCNC(=NCc1ccc(OCC(F)(F)F)cc1)NCCC1=CCOCC1.I. The summed E-state index contributed by atoms with van der Waals surface area (Å²) < 4.78 is 46.5. The molecule has 0 aromatic heterocycles. The van der Waals surface area contributed by atoms with Gasteiger partial charge < -0.3 is 20.1 Å². The molecule has 0 saturated carbocycles. The van der Waals surface area contributed by atoms with E-state index in [-0.39, 0.29) is 29.7 Å². The Hall–Kier alpha value is -1.49. The summed E-state index contributed by atoms with van der Waals surface area (Å²) >= 11 is 0. The van der Waals surface area contributed by atoms with Gasteiger partial charge in [0.05, 0.1) is 19.8 Å². The van der Waals surface area contributed by atoms with Gasteiger partial charge in [-0.1, -0.05) is 23.8 Å². The maximum absolute atomic E-state index is 12.2. The van der Waals surface area contributed by atoms with Gasteiger partial charge in [-0.3, -0.25) is 0 Å². The highest BCUT2D eigenvalue weighted by Gasteiger charge is 2.28. The number of hydrogen-bond donors (Lipinski definition) is 2. The summed E-state index contributed by atoms with van der Waals surface area (Å²) in [6.45, 7) is 4.11. The zero-order valence-electron chi connectivity index (χ0n) is 15.8. The Bertz CT molecular complexity index is 634. The molecule has 1 aliphatic rings. The van der Waals surface area contributed by atoms with Gasteiger partial charge in [0.15, 0.2) is 12.6 Å². The lowest BCUT2D eigenvalue weighted by atomic mass is 10.1. The van der Waals surface area contributed by atoms with Gasteiger partial charge in [-0.05, 0) is 37.5 Å². The van der Waals surface area contributed by atoms with E-state index in [1.807, 2.05) is 6.92 Å². The Morgan fingerprint density at radius 2 is 1.96 bits per heavy atom. The van der Waals surface area contributed by atoms with Crippen LogP contribution in [0.25, 0.3) is 0 Å². The fourth-order valence-corrected chi connectivity index (χ4v) is 2.50. The van der Waals surface area contributed by atoms with E-state index in [1.54, 1.807) is 12.1 Å². The quantitative estimate of drug-likeness (QED) is 0.239. The summed E-state index contributed by atoms with van der Waals surface area (Å²) in [5.74, 6) is 0.900. The number of rotatable bonds is 8. The van der Waals surface area contributed by atoms with E-state index in [2.05, 4.69) is 21.7 Å². The van der Waals surface area contributed by atoms with Crippen LogP contribution in [0.1, 0.15) is 25.3 Å². The van der Waals surface area contributed by atoms with Gasteiger partial charge in [0.2, 0.25) is 0 Å². The molecule has 0 bridgehead atoms. The predicted octanol–water partition coefficient (Wildman–Crippen LogP) is 4.04. The number of benzene rings is 1. The average Bonchev–Trinajstić information content (AvgIpc) is 2.65. The molecule has 5 nitrogen and oxygen atoms in total. The summed E-state index contributed by atoms with van der Waals surface area (Å²) in [5.41, 5.74) is 2.28. The minimum atomic E-state index is -4.34. The standard InChI is InChI=1S/C19H26F3N3O2.HI/c1-2-23-18(24-10-7-15-8-11-26-12-9-15)25-13-16-3-5-17(6-4-16)27-14-19(20,21)22;/h3-6,8H,2,7,9-14H2,1H3,(H2,23,24,25);1H. The zero-order chi connectivity index (χ0) is 19.5. The van der Waals surface area contributed by atoms with Crippen LogP contribution >= 0.6 is 24.0 Å². The Morgan fingerprint density at radius 3 is 2.57 bits per heavy atom. The molecule has 9 heteroatoms. The van der Waals surface area contributed by atoms with Crippen molar-refractivity contribution in [3.63, 3.8) is 0 Å². The molecule has 1 heterocycles. The second-order valence-electron chi connectivity index (χ2n) is 6.11. The van der Waals surface area contributed by atoms with Crippen molar-refractivity contribution in [3.05, 3.63) is 41.5 Å². The highest BCUT2D eigenvalue weighted by Crippen LogP contribution is 2.19. The molecule has 0 unspecified atom stereocenters. The van der Waals surface area contributed by atoms with Gasteiger partial charge in [-0.15, -0.1) is 24.0 Å². The lowest BCUT2D eigenvalue weighted by Crippen LogP contribution is -2.38. The second-order valence-corrected chi connectivity index (χ2v) is 6.11. The highest BCUT2D eigenvalue weighted by atomic mass is 127. The molecule has 0 fully saturated rings. The molecule has 2 N–H and O–H groups in total. The molecule has 0 amide bonds. The Morgan fingerprint density at radius 1 is 1.21 bits per heavy atom. The predicted molar refractivity (Wildman–Crippen MR) is 114 cm³/mol. The maximum Gasteiger partial charge on any atom is 0.422 e. The van der Waals surface area contributed by atoms with Gasteiger partial charge in [0.1, 0.15) is 5.75 Å². The van der Waals surface area contributed by atoms with Gasteiger partial charge in [0, 0.05) is 13.1 Å². The molecule has 1 aliphatic heterocycles. The van der Waals surface area contributed by atoms with Crippen molar-refractivity contribution < 1.29 is 22.6 Å². The summed E-state index contributed by atoms with van der Waals surface area (Å²) in [4.78, 5) is 4.51.